The minimum absolute atomic E-state index is 0.603. The molecule has 0 bridgehead atoms. The fraction of sp³-hybridized carbons (Fsp3) is 0.0714. The number of methoxy groups -OCH3 is 1. The fourth-order valence-corrected chi connectivity index (χ4v) is 1.87. The topological polar surface area (TPSA) is 26.3 Å². The van der Waals surface area contributed by atoms with Gasteiger partial charge in [-0.1, -0.05) is 35.9 Å². The molecule has 0 heterocycles. The standard InChI is InChI=1S/C14H11ClO2/c1-17-13-4-2-3-11(9-16)14(13)10-5-7-12(15)8-6-10/h2-9H,1H3. The van der Waals surface area contributed by atoms with E-state index >= 15 is 0 Å². The second-order valence-corrected chi connectivity index (χ2v) is 3.99. The van der Waals surface area contributed by atoms with Crippen LogP contribution in [0.15, 0.2) is 42.5 Å². The van der Waals surface area contributed by atoms with E-state index in [1.807, 2.05) is 18.2 Å². The van der Waals surface area contributed by atoms with Crippen LogP contribution in [0.25, 0.3) is 11.1 Å². The van der Waals surface area contributed by atoms with Crippen molar-refractivity contribution >= 4 is 17.9 Å². The molecule has 0 aromatic heterocycles. The monoisotopic (exact) mass is 246 g/mol. The van der Waals surface area contributed by atoms with E-state index in [2.05, 4.69) is 0 Å². The number of aldehydes is 1. The first-order valence-corrected chi connectivity index (χ1v) is 5.52. The van der Waals surface area contributed by atoms with Gasteiger partial charge in [-0.25, -0.2) is 0 Å². The maximum absolute atomic E-state index is 11.1. The summed E-state index contributed by atoms with van der Waals surface area (Å²) in [7, 11) is 1.59. The lowest BCUT2D eigenvalue weighted by atomic mass is 9.99. The molecule has 0 aliphatic carbocycles. The van der Waals surface area contributed by atoms with Gasteiger partial charge in [0.2, 0.25) is 0 Å². The fourth-order valence-electron chi connectivity index (χ4n) is 1.74. The molecule has 17 heavy (non-hydrogen) atoms. The normalized spacial score (nSPS) is 10.0. The highest BCUT2D eigenvalue weighted by Crippen LogP contribution is 2.33. The molecule has 0 radical (unpaired) electrons. The number of halogens is 1. The minimum Gasteiger partial charge on any atom is -0.496 e. The van der Waals surface area contributed by atoms with Gasteiger partial charge in [0.1, 0.15) is 5.75 Å². The number of hydrogen-bond donors (Lipinski definition) is 0. The SMILES string of the molecule is COc1cccc(C=O)c1-c1ccc(Cl)cc1. The zero-order chi connectivity index (χ0) is 12.3. The average molecular weight is 247 g/mol. The van der Waals surface area contributed by atoms with Gasteiger partial charge >= 0.3 is 0 Å². The largest absolute Gasteiger partial charge is 0.496 e. The van der Waals surface area contributed by atoms with Gasteiger partial charge in [0, 0.05) is 16.1 Å². The quantitative estimate of drug-likeness (QED) is 0.770. The van der Waals surface area contributed by atoms with Crippen molar-refractivity contribution < 1.29 is 9.53 Å². The zero-order valence-corrected chi connectivity index (χ0v) is 10.1. The Hall–Kier alpha value is -1.80. The van der Waals surface area contributed by atoms with Gasteiger partial charge in [-0.15, -0.1) is 0 Å². The lowest BCUT2D eigenvalue weighted by Gasteiger charge is -2.10. The molecule has 0 saturated carbocycles. The van der Waals surface area contributed by atoms with Crippen LogP contribution in [0.5, 0.6) is 5.75 Å². The lowest BCUT2D eigenvalue weighted by molar-refractivity contribution is 0.112. The molecule has 2 aromatic rings. The Bertz CT molecular complexity index is 532. The molecule has 0 aliphatic rings. The highest BCUT2D eigenvalue weighted by molar-refractivity contribution is 6.30. The Balaban J connectivity index is 2.63. The summed E-state index contributed by atoms with van der Waals surface area (Å²) in [6, 6.07) is 12.7. The molecule has 2 rings (SSSR count). The van der Waals surface area contributed by atoms with Crippen LogP contribution in [0.1, 0.15) is 10.4 Å². The third-order valence-corrected chi connectivity index (χ3v) is 2.79. The molecule has 2 aromatic carbocycles. The first kappa shape index (κ1) is 11.7. The third-order valence-electron chi connectivity index (χ3n) is 2.54. The van der Waals surface area contributed by atoms with Crippen molar-refractivity contribution in [1.29, 1.82) is 0 Å². The zero-order valence-electron chi connectivity index (χ0n) is 9.31. The van der Waals surface area contributed by atoms with Crippen LogP contribution in [-0.4, -0.2) is 13.4 Å². The summed E-state index contributed by atoms with van der Waals surface area (Å²) in [6.45, 7) is 0. The molecule has 0 unspecified atom stereocenters. The van der Waals surface area contributed by atoms with Crippen LogP contribution in [-0.2, 0) is 0 Å². The number of hydrogen-bond acceptors (Lipinski definition) is 2. The third kappa shape index (κ3) is 2.32. The minimum atomic E-state index is 0.603. The van der Waals surface area contributed by atoms with Crippen LogP contribution in [0.3, 0.4) is 0 Å². The van der Waals surface area contributed by atoms with E-state index < -0.39 is 0 Å². The number of benzene rings is 2. The second kappa shape index (κ2) is 5.02. The van der Waals surface area contributed by atoms with Gasteiger partial charge in [-0.05, 0) is 23.8 Å². The van der Waals surface area contributed by atoms with Crippen molar-refractivity contribution in [1.82, 2.24) is 0 Å². The second-order valence-electron chi connectivity index (χ2n) is 3.55. The predicted octanol–water partition coefficient (Wildman–Crippen LogP) is 3.83. The van der Waals surface area contributed by atoms with Crippen molar-refractivity contribution in [3.05, 3.63) is 53.1 Å². The van der Waals surface area contributed by atoms with Crippen LogP contribution >= 0.6 is 11.6 Å². The molecule has 0 spiro atoms. The molecule has 2 nitrogen and oxygen atoms in total. The van der Waals surface area contributed by atoms with Gasteiger partial charge in [-0.3, -0.25) is 4.79 Å². The van der Waals surface area contributed by atoms with E-state index in [4.69, 9.17) is 16.3 Å². The van der Waals surface area contributed by atoms with Gasteiger partial charge in [0.05, 0.1) is 7.11 Å². The molecular formula is C14H11ClO2. The molecule has 0 fully saturated rings. The number of rotatable bonds is 3. The summed E-state index contributed by atoms with van der Waals surface area (Å²) in [5.41, 5.74) is 2.31. The van der Waals surface area contributed by atoms with Crippen LogP contribution in [0, 0.1) is 0 Å². The molecule has 0 N–H and O–H groups in total. The lowest BCUT2D eigenvalue weighted by Crippen LogP contribution is -1.93. The molecule has 0 aliphatic heterocycles. The van der Waals surface area contributed by atoms with Gasteiger partial charge < -0.3 is 4.74 Å². The molecule has 3 heteroatoms. The molecule has 0 atom stereocenters. The van der Waals surface area contributed by atoms with E-state index in [9.17, 15) is 4.79 Å². The van der Waals surface area contributed by atoms with Crippen LogP contribution in [0.4, 0.5) is 0 Å². The molecule has 0 amide bonds. The smallest absolute Gasteiger partial charge is 0.150 e. The Kier molecular flexibility index (Phi) is 3.45. The summed E-state index contributed by atoms with van der Waals surface area (Å²) in [5, 5.41) is 0.663. The van der Waals surface area contributed by atoms with E-state index in [0.717, 1.165) is 17.4 Å². The molecule has 0 saturated heterocycles. The summed E-state index contributed by atoms with van der Waals surface area (Å²) in [6.07, 6.45) is 0.826. The maximum atomic E-state index is 11.1. The Morgan fingerprint density at radius 2 is 1.82 bits per heavy atom. The van der Waals surface area contributed by atoms with E-state index in [-0.39, 0.29) is 0 Å². The maximum Gasteiger partial charge on any atom is 0.150 e. The van der Waals surface area contributed by atoms with Crippen molar-refractivity contribution in [2.24, 2.45) is 0 Å². The van der Waals surface area contributed by atoms with Crippen LogP contribution in [0.2, 0.25) is 5.02 Å². The summed E-state index contributed by atoms with van der Waals surface area (Å²) < 4.78 is 5.28. The van der Waals surface area contributed by atoms with Crippen molar-refractivity contribution in [3.8, 4) is 16.9 Å². The van der Waals surface area contributed by atoms with Gasteiger partial charge in [-0.2, -0.15) is 0 Å². The molecular weight excluding hydrogens is 236 g/mol. The van der Waals surface area contributed by atoms with Crippen molar-refractivity contribution in [2.45, 2.75) is 0 Å². The highest BCUT2D eigenvalue weighted by atomic mass is 35.5. The van der Waals surface area contributed by atoms with E-state index in [0.29, 0.717) is 16.3 Å². The first-order valence-electron chi connectivity index (χ1n) is 5.14. The van der Waals surface area contributed by atoms with E-state index in [1.54, 1.807) is 31.4 Å². The summed E-state index contributed by atoms with van der Waals surface area (Å²) >= 11 is 5.85. The number of ether oxygens (including phenoxy) is 1. The number of carbonyl (C=O) groups is 1. The molecule has 86 valence electrons. The van der Waals surface area contributed by atoms with Crippen molar-refractivity contribution in [2.75, 3.05) is 7.11 Å². The first-order chi connectivity index (χ1) is 8.26. The highest BCUT2D eigenvalue weighted by Gasteiger charge is 2.10. The predicted molar refractivity (Wildman–Crippen MR) is 68.8 cm³/mol. The average Bonchev–Trinajstić information content (AvgIpc) is 2.38. The number of carbonyl (C=O) groups excluding carboxylic acids is 1. The summed E-state index contributed by atoms with van der Waals surface area (Å²) in [5.74, 6) is 0.678. The summed E-state index contributed by atoms with van der Waals surface area (Å²) in [4.78, 5) is 11.1. The van der Waals surface area contributed by atoms with Gasteiger partial charge in [0.15, 0.2) is 6.29 Å². The van der Waals surface area contributed by atoms with E-state index in [1.165, 1.54) is 0 Å². The Morgan fingerprint density at radius 3 is 2.41 bits per heavy atom. The van der Waals surface area contributed by atoms with Crippen molar-refractivity contribution in [3.63, 3.8) is 0 Å². The van der Waals surface area contributed by atoms with Crippen LogP contribution < -0.4 is 4.74 Å². The van der Waals surface area contributed by atoms with Gasteiger partial charge in [0.25, 0.3) is 0 Å². The Labute approximate surface area is 105 Å². The Morgan fingerprint density at radius 1 is 1.12 bits per heavy atom.